The average molecular weight is 288 g/mol. The quantitative estimate of drug-likeness (QED) is 0.755. The fourth-order valence-corrected chi connectivity index (χ4v) is 3.27. The highest BCUT2D eigenvalue weighted by atomic mass is 35.5. The fourth-order valence-electron chi connectivity index (χ4n) is 3.27. The first-order valence-electron chi connectivity index (χ1n) is 6.75. The second kappa shape index (κ2) is 4.60. The van der Waals surface area contributed by atoms with Crippen molar-refractivity contribution >= 4 is 23.8 Å². The van der Waals surface area contributed by atoms with Gasteiger partial charge in [0.2, 0.25) is 0 Å². The van der Waals surface area contributed by atoms with Gasteiger partial charge in [-0.2, -0.15) is 0 Å². The Balaban J connectivity index is 0.00000121. The van der Waals surface area contributed by atoms with Crippen LogP contribution in [0.2, 0.25) is 0 Å². The molecule has 104 valence electrons. The van der Waals surface area contributed by atoms with Crippen molar-refractivity contribution in [2.75, 3.05) is 12.8 Å². The molecule has 4 heteroatoms. The molecular formula is C16H18ClN3. The number of nitrogens with two attached hydrogens (primary N) is 1. The molecule has 0 radical (unpaired) electrons. The van der Waals surface area contributed by atoms with E-state index in [1.807, 2.05) is 6.07 Å². The summed E-state index contributed by atoms with van der Waals surface area (Å²) in [7, 11) is 2.16. The van der Waals surface area contributed by atoms with Gasteiger partial charge in [0.25, 0.3) is 0 Å². The Morgan fingerprint density at radius 3 is 2.85 bits per heavy atom. The summed E-state index contributed by atoms with van der Waals surface area (Å²) >= 11 is 0. The van der Waals surface area contributed by atoms with Gasteiger partial charge in [0.05, 0.1) is 17.1 Å². The fraction of sp³-hybridized carbons (Fsp3) is 0.250. The van der Waals surface area contributed by atoms with Crippen molar-refractivity contribution in [3.63, 3.8) is 0 Å². The Morgan fingerprint density at radius 1 is 1.15 bits per heavy atom. The van der Waals surface area contributed by atoms with E-state index >= 15 is 0 Å². The first-order chi connectivity index (χ1) is 9.24. The number of hydrogen-bond acceptors (Lipinski definition) is 2. The third kappa shape index (κ3) is 1.74. The Labute approximate surface area is 125 Å². The summed E-state index contributed by atoms with van der Waals surface area (Å²) in [6.07, 6.45) is 6.82. The second-order valence-corrected chi connectivity index (χ2v) is 5.43. The number of fused-ring (bicyclic) bond motifs is 2. The van der Waals surface area contributed by atoms with Gasteiger partial charge in [-0.3, -0.25) is 0 Å². The zero-order chi connectivity index (χ0) is 13.0. The summed E-state index contributed by atoms with van der Waals surface area (Å²) in [5, 5.41) is 0. The normalized spacial score (nSPS) is 15.7. The highest BCUT2D eigenvalue weighted by Crippen LogP contribution is 2.36. The highest BCUT2D eigenvalue weighted by Gasteiger charge is 2.25. The van der Waals surface area contributed by atoms with E-state index in [2.05, 4.69) is 47.0 Å². The lowest BCUT2D eigenvalue weighted by Gasteiger charge is -2.24. The molecule has 1 aliphatic carbocycles. The number of rotatable bonds is 0. The van der Waals surface area contributed by atoms with E-state index in [9.17, 15) is 0 Å². The van der Waals surface area contributed by atoms with E-state index in [4.69, 9.17) is 5.73 Å². The van der Waals surface area contributed by atoms with Gasteiger partial charge in [-0.25, -0.2) is 0 Å². The number of aromatic nitrogens is 1. The number of nitrogens with zero attached hydrogens (tertiary/aromatic N) is 2. The maximum absolute atomic E-state index is 5.94. The molecule has 2 aromatic rings. The molecule has 0 fully saturated rings. The predicted octanol–water partition coefficient (Wildman–Crippen LogP) is 3.21. The van der Waals surface area contributed by atoms with E-state index < -0.39 is 0 Å². The standard InChI is InChI=1S/C16H17N3.ClH/c1-18-10-12-9-13(17)5-6-14(12)19-8-7-11-3-2-4-15(18)16(11)19;/h4-9H,2-3,10,17H2,1H3;1H. The summed E-state index contributed by atoms with van der Waals surface area (Å²) in [6.45, 7) is 0.910. The molecule has 0 unspecified atom stereocenters. The Kier molecular flexibility index (Phi) is 3.02. The zero-order valence-electron chi connectivity index (χ0n) is 11.5. The van der Waals surface area contributed by atoms with Crippen LogP contribution in [0.4, 0.5) is 5.69 Å². The number of anilines is 1. The summed E-state index contributed by atoms with van der Waals surface area (Å²) in [5.41, 5.74) is 13.5. The van der Waals surface area contributed by atoms with E-state index in [-0.39, 0.29) is 12.4 Å². The maximum atomic E-state index is 5.94. The van der Waals surface area contributed by atoms with Gasteiger partial charge >= 0.3 is 0 Å². The molecule has 0 spiro atoms. The van der Waals surface area contributed by atoms with Gasteiger partial charge in [-0.15, -0.1) is 12.4 Å². The van der Waals surface area contributed by atoms with Crippen LogP contribution >= 0.6 is 12.4 Å². The molecule has 0 amide bonds. The largest absolute Gasteiger partial charge is 0.399 e. The first-order valence-corrected chi connectivity index (χ1v) is 6.75. The second-order valence-electron chi connectivity index (χ2n) is 5.43. The average Bonchev–Trinajstić information content (AvgIpc) is 2.77. The van der Waals surface area contributed by atoms with Crippen LogP contribution in [0.1, 0.15) is 23.2 Å². The van der Waals surface area contributed by atoms with Crippen molar-refractivity contribution in [2.24, 2.45) is 0 Å². The zero-order valence-corrected chi connectivity index (χ0v) is 12.3. The van der Waals surface area contributed by atoms with Crippen LogP contribution in [0.25, 0.3) is 11.4 Å². The van der Waals surface area contributed by atoms with E-state index in [1.54, 1.807) is 0 Å². The smallest absolute Gasteiger partial charge is 0.0719 e. The van der Waals surface area contributed by atoms with Gasteiger partial charge in [0, 0.05) is 25.5 Å². The molecule has 0 atom stereocenters. The molecule has 2 aliphatic rings. The minimum Gasteiger partial charge on any atom is -0.399 e. The number of halogens is 1. The number of hydrogen-bond donors (Lipinski definition) is 1. The molecule has 0 bridgehead atoms. The van der Waals surface area contributed by atoms with Crippen LogP contribution in [0.15, 0.2) is 36.5 Å². The van der Waals surface area contributed by atoms with Crippen LogP contribution in [-0.2, 0) is 13.0 Å². The Morgan fingerprint density at radius 2 is 2.00 bits per heavy atom. The number of allylic oxidation sites excluding steroid dienone is 1. The summed E-state index contributed by atoms with van der Waals surface area (Å²) in [4.78, 5) is 2.33. The molecule has 3 nitrogen and oxygen atoms in total. The van der Waals surface area contributed by atoms with Crippen molar-refractivity contribution in [2.45, 2.75) is 19.4 Å². The molecule has 20 heavy (non-hydrogen) atoms. The summed E-state index contributed by atoms with van der Waals surface area (Å²) < 4.78 is 2.32. The maximum Gasteiger partial charge on any atom is 0.0719 e. The van der Waals surface area contributed by atoms with Crippen LogP contribution in [0.5, 0.6) is 0 Å². The van der Waals surface area contributed by atoms with Crippen molar-refractivity contribution in [1.29, 1.82) is 0 Å². The molecule has 2 N–H and O–H groups in total. The van der Waals surface area contributed by atoms with Crippen molar-refractivity contribution in [1.82, 2.24) is 9.47 Å². The minimum atomic E-state index is 0. The van der Waals surface area contributed by atoms with Gasteiger partial charge in [0.15, 0.2) is 0 Å². The van der Waals surface area contributed by atoms with Crippen LogP contribution in [0.3, 0.4) is 0 Å². The van der Waals surface area contributed by atoms with Crippen LogP contribution < -0.4 is 5.73 Å². The Hall–Kier alpha value is -1.87. The van der Waals surface area contributed by atoms with Crippen molar-refractivity contribution < 1.29 is 0 Å². The molecule has 0 saturated heterocycles. The third-order valence-corrected chi connectivity index (χ3v) is 4.15. The highest BCUT2D eigenvalue weighted by molar-refractivity contribution is 5.85. The van der Waals surface area contributed by atoms with E-state index in [1.165, 1.54) is 28.2 Å². The monoisotopic (exact) mass is 287 g/mol. The van der Waals surface area contributed by atoms with Gasteiger partial charge < -0.3 is 15.2 Å². The number of aryl methyl sites for hydroxylation is 1. The van der Waals surface area contributed by atoms with E-state index in [0.29, 0.717) is 0 Å². The van der Waals surface area contributed by atoms with Gasteiger partial charge in [0.1, 0.15) is 0 Å². The Bertz CT molecular complexity index is 700. The molecule has 0 saturated carbocycles. The lowest BCUT2D eigenvalue weighted by molar-refractivity contribution is 0.474. The van der Waals surface area contributed by atoms with E-state index in [0.717, 1.165) is 25.1 Å². The molecule has 1 aliphatic heterocycles. The van der Waals surface area contributed by atoms with Gasteiger partial charge in [-0.05, 0) is 48.2 Å². The SMILES string of the molecule is CN1Cc2cc(N)ccc2-n2ccc3c2C1=CCC3.Cl. The van der Waals surface area contributed by atoms with Crippen LogP contribution in [-0.4, -0.2) is 16.5 Å². The molecular weight excluding hydrogens is 270 g/mol. The number of benzene rings is 1. The van der Waals surface area contributed by atoms with Crippen molar-refractivity contribution in [3.8, 4) is 5.69 Å². The summed E-state index contributed by atoms with van der Waals surface area (Å²) in [5.74, 6) is 0. The molecule has 4 rings (SSSR count). The third-order valence-electron chi connectivity index (χ3n) is 4.15. The van der Waals surface area contributed by atoms with Gasteiger partial charge in [-0.1, -0.05) is 6.08 Å². The minimum absolute atomic E-state index is 0. The predicted molar refractivity (Wildman–Crippen MR) is 85.2 cm³/mol. The van der Waals surface area contributed by atoms with Crippen LogP contribution in [0, 0.1) is 0 Å². The first kappa shape index (κ1) is 13.1. The lowest BCUT2D eigenvalue weighted by Crippen LogP contribution is -2.17. The number of nitrogen functional groups attached to an aromatic ring is 1. The molecule has 2 heterocycles. The summed E-state index contributed by atoms with van der Waals surface area (Å²) in [6, 6.07) is 8.47. The lowest BCUT2D eigenvalue weighted by atomic mass is 10.0. The van der Waals surface area contributed by atoms with Crippen molar-refractivity contribution in [3.05, 3.63) is 53.4 Å². The molecule has 1 aromatic heterocycles. The molecule has 1 aromatic carbocycles. The topological polar surface area (TPSA) is 34.2 Å².